The third-order valence-corrected chi connectivity index (χ3v) is 2.45. The molecule has 1 aliphatic rings. The smallest absolute Gasteiger partial charge is 0.150 e. The molecule has 1 saturated heterocycles. The van der Waals surface area contributed by atoms with Crippen LogP contribution in [0.2, 0.25) is 0 Å². The largest absolute Gasteiger partial charge is 0.379 e. The molecule has 1 atom stereocenters. The quantitative estimate of drug-likeness (QED) is 0.836. The highest BCUT2D eigenvalue weighted by Crippen LogP contribution is 2.22. The van der Waals surface area contributed by atoms with Crippen molar-refractivity contribution in [2.75, 3.05) is 18.5 Å². The van der Waals surface area contributed by atoms with Crippen LogP contribution in [0.25, 0.3) is 0 Å². The lowest BCUT2D eigenvalue weighted by Gasteiger charge is -2.13. The van der Waals surface area contributed by atoms with Crippen LogP contribution in [-0.2, 0) is 4.74 Å². The number of benzene rings is 1. The van der Waals surface area contributed by atoms with Gasteiger partial charge in [-0.25, -0.2) is 8.78 Å². The highest BCUT2D eigenvalue weighted by Gasteiger charge is 2.19. The Labute approximate surface area is 91.6 Å². The minimum absolute atomic E-state index is 0.0248. The molecule has 0 aromatic heterocycles. The molecule has 1 aromatic carbocycles. The number of anilines is 1. The summed E-state index contributed by atoms with van der Waals surface area (Å²) in [5, 5.41) is 11.3. The van der Waals surface area contributed by atoms with Gasteiger partial charge in [-0.1, -0.05) is 0 Å². The second-order valence-electron chi connectivity index (χ2n) is 3.63. The first-order valence-corrected chi connectivity index (χ1v) is 4.94. The summed E-state index contributed by atoms with van der Waals surface area (Å²) in [5.74, 6) is -1.49. The van der Waals surface area contributed by atoms with E-state index in [1.165, 1.54) is 0 Å². The SMILES string of the molecule is N#Cc1cc(F)c(NC2CCOC2)c(F)c1. The van der Waals surface area contributed by atoms with E-state index < -0.39 is 11.6 Å². The number of halogens is 2. The highest BCUT2D eigenvalue weighted by molar-refractivity contribution is 5.51. The van der Waals surface area contributed by atoms with Crippen molar-refractivity contribution in [1.29, 1.82) is 5.26 Å². The fourth-order valence-electron chi connectivity index (χ4n) is 1.63. The van der Waals surface area contributed by atoms with Gasteiger partial charge in [0.2, 0.25) is 0 Å². The van der Waals surface area contributed by atoms with Crippen molar-refractivity contribution < 1.29 is 13.5 Å². The first-order valence-electron chi connectivity index (χ1n) is 4.94. The van der Waals surface area contributed by atoms with Crippen molar-refractivity contribution in [3.63, 3.8) is 0 Å². The third-order valence-electron chi connectivity index (χ3n) is 2.45. The molecule has 2 rings (SSSR count). The molecule has 1 fully saturated rings. The van der Waals surface area contributed by atoms with Crippen LogP contribution >= 0.6 is 0 Å². The summed E-state index contributed by atoms with van der Waals surface area (Å²) in [6.45, 7) is 1.04. The number of hydrogen-bond donors (Lipinski definition) is 1. The molecule has 84 valence electrons. The normalized spacial score (nSPS) is 19.4. The van der Waals surface area contributed by atoms with E-state index in [1.54, 1.807) is 6.07 Å². The summed E-state index contributed by atoms with van der Waals surface area (Å²) in [6.07, 6.45) is 0.721. The minimum atomic E-state index is -0.747. The van der Waals surface area contributed by atoms with Gasteiger partial charge in [0.1, 0.15) is 5.69 Å². The summed E-state index contributed by atoms with van der Waals surface area (Å²) < 4.78 is 32.0. The zero-order valence-electron chi connectivity index (χ0n) is 8.46. The van der Waals surface area contributed by atoms with Crippen molar-refractivity contribution in [3.05, 3.63) is 29.3 Å². The van der Waals surface area contributed by atoms with Gasteiger partial charge in [0.05, 0.1) is 24.3 Å². The van der Waals surface area contributed by atoms with Crippen LogP contribution in [-0.4, -0.2) is 19.3 Å². The Balaban J connectivity index is 2.23. The monoisotopic (exact) mass is 224 g/mol. The molecule has 1 N–H and O–H groups in total. The summed E-state index contributed by atoms with van der Waals surface area (Å²) in [7, 11) is 0. The molecule has 1 aliphatic heterocycles. The molecular weight excluding hydrogens is 214 g/mol. The van der Waals surface area contributed by atoms with E-state index in [0.29, 0.717) is 13.2 Å². The highest BCUT2D eigenvalue weighted by atomic mass is 19.1. The van der Waals surface area contributed by atoms with Gasteiger partial charge in [0, 0.05) is 6.61 Å². The van der Waals surface area contributed by atoms with Gasteiger partial charge in [-0.05, 0) is 18.6 Å². The maximum atomic E-state index is 13.5. The Kier molecular flexibility index (Phi) is 3.02. The van der Waals surface area contributed by atoms with Crippen LogP contribution in [0.3, 0.4) is 0 Å². The molecule has 0 amide bonds. The Morgan fingerprint density at radius 2 is 2.06 bits per heavy atom. The summed E-state index contributed by atoms with van der Waals surface area (Å²) >= 11 is 0. The van der Waals surface area contributed by atoms with E-state index >= 15 is 0 Å². The maximum absolute atomic E-state index is 13.5. The van der Waals surface area contributed by atoms with E-state index in [0.717, 1.165) is 18.6 Å². The fraction of sp³-hybridized carbons (Fsp3) is 0.364. The molecule has 0 aliphatic carbocycles. The second-order valence-corrected chi connectivity index (χ2v) is 3.63. The van der Waals surface area contributed by atoms with Crippen LogP contribution in [0.4, 0.5) is 14.5 Å². The molecule has 0 radical (unpaired) electrons. The number of nitrogens with one attached hydrogen (secondary N) is 1. The molecule has 1 unspecified atom stereocenters. The molecule has 0 bridgehead atoms. The lowest BCUT2D eigenvalue weighted by atomic mass is 10.1. The van der Waals surface area contributed by atoms with Crippen LogP contribution in [0.1, 0.15) is 12.0 Å². The third kappa shape index (κ3) is 2.12. The minimum Gasteiger partial charge on any atom is -0.379 e. The lowest BCUT2D eigenvalue weighted by Crippen LogP contribution is -2.20. The summed E-state index contributed by atoms with van der Waals surface area (Å²) in [4.78, 5) is 0. The van der Waals surface area contributed by atoms with Crippen LogP contribution < -0.4 is 5.32 Å². The number of ether oxygens (including phenoxy) is 1. The zero-order valence-corrected chi connectivity index (χ0v) is 8.46. The van der Waals surface area contributed by atoms with E-state index in [-0.39, 0.29) is 17.3 Å². The molecule has 1 heterocycles. The van der Waals surface area contributed by atoms with E-state index in [1.807, 2.05) is 0 Å². The van der Waals surface area contributed by atoms with Gasteiger partial charge in [0.15, 0.2) is 11.6 Å². The standard InChI is InChI=1S/C11H10F2N2O/c12-9-3-7(5-14)4-10(13)11(9)15-8-1-2-16-6-8/h3-4,8,15H,1-2,6H2. The number of nitrogens with zero attached hydrogens (tertiary/aromatic N) is 1. The van der Waals surface area contributed by atoms with E-state index in [2.05, 4.69) is 5.32 Å². The molecule has 5 heteroatoms. The lowest BCUT2D eigenvalue weighted by molar-refractivity contribution is 0.195. The first kappa shape index (κ1) is 10.8. The first-order chi connectivity index (χ1) is 7.70. The van der Waals surface area contributed by atoms with Crippen LogP contribution in [0.15, 0.2) is 12.1 Å². The Hall–Kier alpha value is -1.67. The van der Waals surface area contributed by atoms with Crippen molar-refractivity contribution >= 4 is 5.69 Å². The Morgan fingerprint density at radius 3 is 2.56 bits per heavy atom. The second kappa shape index (κ2) is 4.45. The molecule has 0 spiro atoms. The zero-order chi connectivity index (χ0) is 11.5. The van der Waals surface area contributed by atoms with E-state index in [4.69, 9.17) is 10.00 Å². The predicted molar refractivity (Wildman–Crippen MR) is 53.9 cm³/mol. The summed E-state index contributed by atoms with van der Waals surface area (Å²) in [6, 6.07) is 3.65. The maximum Gasteiger partial charge on any atom is 0.150 e. The number of rotatable bonds is 2. The van der Waals surface area contributed by atoms with Gasteiger partial charge in [-0.3, -0.25) is 0 Å². The molecule has 3 nitrogen and oxygen atoms in total. The Morgan fingerprint density at radius 1 is 1.38 bits per heavy atom. The van der Waals surface area contributed by atoms with Crippen LogP contribution in [0.5, 0.6) is 0 Å². The predicted octanol–water partition coefficient (Wildman–Crippen LogP) is 2.04. The number of hydrogen-bond acceptors (Lipinski definition) is 3. The Bertz CT molecular complexity index is 413. The molecule has 1 aromatic rings. The average Bonchev–Trinajstić information content (AvgIpc) is 2.75. The van der Waals surface area contributed by atoms with Crippen molar-refractivity contribution in [1.82, 2.24) is 0 Å². The summed E-state index contributed by atoms with van der Waals surface area (Å²) in [5.41, 5.74) is -0.210. The van der Waals surface area contributed by atoms with Gasteiger partial charge in [-0.15, -0.1) is 0 Å². The van der Waals surface area contributed by atoms with Gasteiger partial charge in [-0.2, -0.15) is 5.26 Å². The number of nitriles is 1. The van der Waals surface area contributed by atoms with Crippen molar-refractivity contribution in [3.8, 4) is 6.07 Å². The van der Waals surface area contributed by atoms with Gasteiger partial charge in [0.25, 0.3) is 0 Å². The molecule has 16 heavy (non-hydrogen) atoms. The average molecular weight is 224 g/mol. The fourth-order valence-corrected chi connectivity index (χ4v) is 1.63. The van der Waals surface area contributed by atoms with E-state index in [9.17, 15) is 8.78 Å². The van der Waals surface area contributed by atoms with Gasteiger partial charge >= 0.3 is 0 Å². The van der Waals surface area contributed by atoms with Gasteiger partial charge < -0.3 is 10.1 Å². The molecule has 0 saturated carbocycles. The van der Waals surface area contributed by atoms with Crippen molar-refractivity contribution in [2.24, 2.45) is 0 Å². The molecular formula is C11H10F2N2O. The van der Waals surface area contributed by atoms with Crippen LogP contribution in [0, 0.1) is 23.0 Å². The topological polar surface area (TPSA) is 45.0 Å². The van der Waals surface area contributed by atoms with Crippen molar-refractivity contribution in [2.45, 2.75) is 12.5 Å².